The van der Waals surface area contributed by atoms with E-state index in [1.54, 1.807) is 0 Å². The predicted molar refractivity (Wildman–Crippen MR) is 84.9 cm³/mol. The van der Waals surface area contributed by atoms with Crippen LogP contribution >= 0.6 is 0 Å². The average Bonchev–Trinajstić information content (AvgIpc) is 2.48. The normalized spacial score (nSPS) is 13.2. The Labute approximate surface area is 122 Å². The molecule has 2 aromatic carbocycles. The Morgan fingerprint density at radius 2 is 1.55 bits per heavy atom. The van der Waals surface area contributed by atoms with Crippen molar-refractivity contribution in [2.24, 2.45) is 0 Å². The van der Waals surface area contributed by atoms with Crippen molar-refractivity contribution < 1.29 is 5.11 Å². The minimum absolute atomic E-state index is 0.300. The second kappa shape index (κ2) is 6.23. The number of rotatable bonds is 5. The Morgan fingerprint density at radius 3 is 2.10 bits per heavy atom. The number of hydrogen-bond donors (Lipinski definition) is 1. The van der Waals surface area contributed by atoms with Crippen molar-refractivity contribution in [1.82, 2.24) is 0 Å². The minimum Gasteiger partial charge on any atom is -0.388 e. The van der Waals surface area contributed by atoms with Gasteiger partial charge in [0.1, 0.15) is 0 Å². The highest BCUT2D eigenvalue weighted by atomic mass is 16.3. The van der Waals surface area contributed by atoms with Crippen molar-refractivity contribution in [3.8, 4) is 0 Å². The molecule has 0 spiro atoms. The van der Waals surface area contributed by atoms with Gasteiger partial charge in [-0.05, 0) is 23.1 Å². The molecule has 106 valence electrons. The Balaban J connectivity index is 2.25. The van der Waals surface area contributed by atoms with Gasteiger partial charge in [-0.25, -0.2) is 0 Å². The lowest BCUT2D eigenvalue weighted by Gasteiger charge is -2.31. The van der Waals surface area contributed by atoms with E-state index in [0.29, 0.717) is 0 Å². The van der Waals surface area contributed by atoms with Crippen LogP contribution in [0.4, 0.5) is 0 Å². The maximum Gasteiger partial charge on any atom is 0.0881 e. The summed E-state index contributed by atoms with van der Waals surface area (Å²) in [4.78, 5) is 0. The molecule has 0 radical (unpaired) electrons. The monoisotopic (exact) mass is 268 g/mol. The summed E-state index contributed by atoms with van der Waals surface area (Å²) in [6.07, 6.45) is 1.78. The van der Waals surface area contributed by atoms with Crippen molar-refractivity contribution in [3.05, 3.63) is 71.3 Å². The van der Waals surface area contributed by atoms with E-state index >= 15 is 0 Å². The van der Waals surface area contributed by atoms with Gasteiger partial charge in [0.15, 0.2) is 0 Å². The Hall–Kier alpha value is -1.60. The Morgan fingerprint density at radius 1 is 0.950 bits per heavy atom. The molecule has 2 aromatic rings. The van der Waals surface area contributed by atoms with Crippen LogP contribution in [0.1, 0.15) is 50.0 Å². The van der Waals surface area contributed by atoms with Gasteiger partial charge in [0.25, 0.3) is 0 Å². The van der Waals surface area contributed by atoms with Gasteiger partial charge >= 0.3 is 0 Å². The van der Waals surface area contributed by atoms with Crippen LogP contribution in [0.2, 0.25) is 0 Å². The van der Waals surface area contributed by atoms with Crippen LogP contribution in [0.3, 0.4) is 0 Å². The van der Waals surface area contributed by atoms with Crippen molar-refractivity contribution in [2.45, 2.75) is 45.1 Å². The summed E-state index contributed by atoms with van der Waals surface area (Å²) in [5.74, 6) is 0. The highest BCUT2D eigenvalue weighted by Gasteiger charge is 2.30. The maximum absolute atomic E-state index is 10.7. The molecule has 2 rings (SSSR count). The maximum atomic E-state index is 10.7. The first-order valence-electron chi connectivity index (χ1n) is 7.38. The van der Waals surface area contributed by atoms with E-state index in [0.717, 1.165) is 18.4 Å². The van der Waals surface area contributed by atoms with Crippen LogP contribution in [0.5, 0.6) is 0 Å². The van der Waals surface area contributed by atoms with E-state index in [9.17, 15) is 5.11 Å². The molecule has 0 amide bonds. The molecule has 20 heavy (non-hydrogen) atoms. The van der Waals surface area contributed by atoms with Crippen LogP contribution in [0.15, 0.2) is 54.6 Å². The number of benzene rings is 2. The SMILES string of the molecule is CCCc1ccc(C(C)(C)C(O)c2ccccc2)cc1. The zero-order chi connectivity index (χ0) is 14.6. The molecular formula is C19H24O. The first-order valence-corrected chi connectivity index (χ1v) is 7.38. The zero-order valence-corrected chi connectivity index (χ0v) is 12.6. The van der Waals surface area contributed by atoms with E-state index in [1.807, 2.05) is 30.3 Å². The Bertz CT molecular complexity index is 525. The number of aliphatic hydroxyl groups excluding tert-OH is 1. The van der Waals surface area contributed by atoms with Gasteiger partial charge in [0, 0.05) is 5.41 Å². The van der Waals surface area contributed by atoms with Gasteiger partial charge in [-0.15, -0.1) is 0 Å². The Kier molecular flexibility index (Phi) is 4.61. The molecule has 0 bridgehead atoms. The van der Waals surface area contributed by atoms with Gasteiger partial charge in [-0.1, -0.05) is 81.8 Å². The summed E-state index contributed by atoms with van der Waals surface area (Å²) in [5, 5.41) is 10.7. The molecule has 1 unspecified atom stereocenters. The van der Waals surface area contributed by atoms with Crippen LogP contribution in [0, 0.1) is 0 Å². The van der Waals surface area contributed by atoms with E-state index in [-0.39, 0.29) is 5.41 Å². The molecule has 0 heterocycles. The molecule has 1 atom stereocenters. The molecule has 0 saturated heterocycles. The smallest absolute Gasteiger partial charge is 0.0881 e. The highest BCUT2D eigenvalue weighted by molar-refractivity contribution is 5.32. The molecule has 0 aliphatic carbocycles. The topological polar surface area (TPSA) is 20.2 Å². The molecule has 0 aliphatic heterocycles. The van der Waals surface area contributed by atoms with E-state index in [1.165, 1.54) is 11.1 Å². The first kappa shape index (κ1) is 14.8. The van der Waals surface area contributed by atoms with Gasteiger partial charge < -0.3 is 5.11 Å². The van der Waals surface area contributed by atoms with E-state index in [4.69, 9.17) is 0 Å². The summed E-state index contributed by atoms with van der Waals surface area (Å²) in [6, 6.07) is 18.5. The largest absolute Gasteiger partial charge is 0.388 e. The van der Waals surface area contributed by atoms with Gasteiger partial charge in [0.05, 0.1) is 6.10 Å². The second-order valence-corrected chi connectivity index (χ2v) is 5.98. The van der Waals surface area contributed by atoms with Crippen molar-refractivity contribution in [1.29, 1.82) is 0 Å². The molecule has 0 aliphatic rings. The fraction of sp³-hybridized carbons (Fsp3) is 0.368. The summed E-state index contributed by atoms with van der Waals surface area (Å²) in [5.41, 5.74) is 3.21. The van der Waals surface area contributed by atoms with Crippen LogP contribution < -0.4 is 0 Å². The van der Waals surface area contributed by atoms with Crippen molar-refractivity contribution >= 4 is 0 Å². The van der Waals surface area contributed by atoms with Crippen molar-refractivity contribution in [2.75, 3.05) is 0 Å². The average molecular weight is 268 g/mol. The van der Waals surface area contributed by atoms with Crippen LogP contribution in [0.25, 0.3) is 0 Å². The number of aliphatic hydroxyl groups is 1. The van der Waals surface area contributed by atoms with Crippen LogP contribution in [-0.4, -0.2) is 5.11 Å². The quantitative estimate of drug-likeness (QED) is 0.837. The van der Waals surface area contributed by atoms with Gasteiger partial charge in [-0.3, -0.25) is 0 Å². The summed E-state index contributed by atoms with van der Waals surface area (Å²) < 4.78 is 0. The summed E-state index contributed by atoms with van der Waals surface area (Å²) in [6.45, 7) is 6.38. The number of aryl methyl sites for hydroxylation is 1. The van der Waals surface area contributed by atoms with Gasteiger partial charge in [0.2, 0.25) is 0 Å². The number of hydrogen-bond acceptors (Lipinski definition) is 1. The van der Waals surface area contributed by atoms with Crippen LogP contribution in [-0.2, 0) is 11.8 Å². The fourth-order valence-corrected chi connectivity index (χ4v) is 2.60. The lowest BCUT2D eigenvalue weighted by molar-refractivity contribution is 0.100. The molecule has 1 heteroatoms. The first-order chi connectivity index (χ1) is 9.55. The highest BCUT2D eigenvalue weighted by Crippen LogP contribution is 2.36. The lowest BCUT2D eigenvalue weighted by Crippen LogP contribution is -2.26. The molecule has 0 aromatic heterocycles. The minimum atomic E-state index is -0.499. The molecule has 0 fully saturated rings. The van der Waals surface area contributed by atoms with Crippen molar-refractivity contribution in [3.63, 3.8) is 0 Å². The van der Waals surface area contributed by atoms with E-state index < -0.39 is 6.10 Å². The molecule has 0 saturated carbocycles. The second-order valence-electron chi connectivity index (χ2n) is 5.98. The molecular weight excluding hydrogens is 244 g/mol. The summed E-state index contributed by atoms with van der Waals surface area (Å²) in [7, 11) is 0. The third-order valence-electron chi connectivity index (χ3n) is 4.04. The standard InChI is InChI=1S/C19H24O/c1-4-8-15-11-13-17(14-12-15)19(2,3)18(20)16-9-6-5-7-10-16/h5-7,9-14,18,20H,4,8H2,1-3H3. The molecule has 1 nitrogen and oxygen atoms in total. The lowest BCUT2D eigenvalue weighted by atomic mass is 9.76. The zero-order valence-electron chi connectivity index (χ0n) is 12.6. The third kappa shape index (κ3) is 3.10. The third-order valence-corrected chi connectivity index (χ3v) is 4.04. The molecule has 1 N–H and O–H groups in total. The predicted octanol–water partition coefficient (Wildman–Crippen LogP) is 4.65. The fourth-order valence-electron chi connectivity index (χ4n) is 2.60. The van der Waals surface area contributed by atoms with E-state index in [2.05, 4.69) is 45.0 Å². The summed E-state index contributed by atoms with van der Waals surface area (Å²) >= 11 is 0. The van der Waals surface area contributed by atoms with Gasteiger partial charge in [-0.2, -0.15) is 0 Å².